The van der Waals surface area contributed by atoms with E-state index in [0.717, 1.165) is 11.8 Å². The maximum Gasteiger partial charge on any atom is 0.157 e. The van der Waals surface area contributed by atoms with E-state index in [1.165, 1.54) is 36.6 Å². The Morgan fingerprint density at radius 3 is 2.71 bits per heavy atom. The Balaban J connectivity index is 1.98. The first-order chi connectivity index (χ1) is 7.96. The van der Waals surface area contributed by atoms with Crippen molar-refractivity contribution in [1.82, 2.24) is 5.32 Å². The fourth-order valence-corrected chi connectivity index (χ4v) is 4.22. The van der Waals surface area contributed by atoms with Gasteiger partial charge in [0.25, 0.3) is 0 Å². The molecule has 3 heteroatoms. The molecular weight excluding hydrogens is 228 g/mol. The van der Waals surface area contributed by atoms with Crippen molar-refractivity contribution in [3.05, 3.63) is 0 Å². The third-order valence-electron chi connectivity index (χ3n) is 4.08. The minimum atomic E-state index is 0.231. The molecule has 1 saturated heterocycles. The number of rotatable bonds is 1. The molecule has 3 unspecified atom stereocenters. The molecule has 3 atom stereocenters. The monoisotopic (exact) mass is 254 g/mol. The van der Waals surface area contributed by atoms with E-state index in [-0.39, 0.29) is 5.54 Å². The smallest absolute Gasteiger partial charge is 0.157 e. The lowest BCUT2D eigenvalue weighted by molar-refractivity contribution is 0.264. The summed E-state index contributed by atoms with van der Waals surface area (Å²) in [5.41, 5.74) is 0.231. The van der Waals surface area contributed by atoms with Gasteiger partial charge in [-0.1, -0.05) is 25.6 Å². The normalized spacial score (nSPS) is 40.0. The van der Waals surface area contributed by atoms with Crippen LogP contribution in [0.4, 0.5) is 0 Å². The van der Waals surface area contributed by atoms with E-state index in [1.54, 1.807) is 0 Å². The second-order valence-corrected chi connectivity index (χ2v) is 7.59. The van der Waals surface area contributed by atoms with Gasteiger partial charge in [-0.05, 0) is 51.4 Å². The zero-order valence-electron chi connectivity index (χ0n) is 11.6. The standard InChI is InChI=1S/C14H26N2S/c1-10-5-6-12(11(2)9-10)15-13-16-14(3,4)7-8-17-13/h10-12H,5-9H2,1-4H3,(H,15,16). The largest absolute Gasteiger partial charge is 0.360 e. The van der Waals surface area contributed by atoms with Crippen molar-refractivity contribution >= 4 is 16.9 Å². The molecule has 0 bridgehead atoms. The van der Waals surface area contributed by atoms with Crippen molar-refractivity contribution < 1.29 is 0 Å². The third kappa shape index (κ3) is 3.64. The lowest BCUT2D eigenvalue weighted by atomic mass is 9.80. The molecule has 1 N–H and O–H groups in total. The molecule has 2 aliphatic rings. The lowest BCUT2D eigenvalue weighted by Gasteiger charge is -2.35. The average Bonchev–Trinajstić information content (AvgIpc) is 2.21. The first kappa shape index (κ1) is 13.3. The zero-order valence-corrected chi connectivity index (χ0v) is 12.4. The van der Waals surface area contributed by atoms with Gasteiger partial charge in [0, 0.05) is 11.3 Å². The quantitative estimate of drug-likeness (QED) is 0.772. The van der Waals surface area contributed by atoms with E-state index in [1.807, 2.05) is 11.8 Å². The lowest BCUT2D eigenvalue weighted by Crippen LogP contribution is -2.46. The Bertz CT molecular complexity index is 299. The minimum absolute atomic E-state index is 0.231. The summed E-state index contributed by atoms with van der Waals surface area (Å²) in [4.78, 5) is 4.97. The highest BCUT2D eigenvalue weighted by Gasteiger charge is 2.28. The summed E-state index contributed by atoms with van der Waals surface area (Å²) in [5, 5.41) is 4.77. The fourth-order valence-electron chi connectivity index (χ4n) is 2.85. The number of amidine groups is 1. The van der Waals surface area contributed by atoms with Crippen LogP contribution in [0.15, 0.2) is 4.99 Å². The van der Waals surface area contributed by atoms with Gasteiger partial charge in [0.05, 0.1) is 6.04 Å². The Labute approximate surface area is 110 Å². The molecule has 0 aromatic rings. The van der Waals surface area contributed by atoms with Crippen molar-refractivity contribution in [2.24, 2.45) is 16.8 Å². The van der Waals surface area contributed by atoms with Gasteiger partial charge in [-0.15, -0.1) is 0 Å². The Morgan fingerprint density at radius 1 is 1.29 bits per heavy atom. The zero-order chi connectivity index (χ0) is 12.5. The number of thioether (sulfide) groups is 1. The van der Waals surface area contributed by atoms with E-state index in [4.69, 9.17) is 4.99 Å². The molecule has 2 rings (SSSR count). The van der Waals surface area contributed by atoms with Crippen LogP contribution in [-0.4, -0.2) is 22.5 Å². The van der Waals surface area contributed by atoms with Gasteiger partial charge in [-0.2, -0.15) is 0 Å². The topological polar surface area (TPSA) is 24.4 Å². The second kappa shape index (κ2) is 5.21. The summed E-state index contributed by atoms with van der Waals surface area (Å²) in [6.07, 6.45) is 5.19. The summed E-state index contributed by atoms with van der Waals surface area (Å²) < 4.78 is 0. The molecular formula is C14H26N2S. The summed E-state index contributed by atoms with van der Waals surface area (Å²) >= 11 is 1.90. The van der Waals surface area contributed by atoms with Gasteiger partial charge >= 0.3 is 0 Å². The number of nitrogens with zero attached hydrogens (tertiary/aromatic N) is 1. The van der Waals surface area contributed by atoms with E-state index in [0.29, 0.717) is 6.04 Å². The summed E-state index contributed by atoms with van der Waals surface area (Å²) in [6, 6.07) is 0.551. The summed E-state index contributed by atoms with van der Waals surface area (Å²) in [6.45, 7) is 9.28. The average molecular weight is 254 g/mol. The highest BCUT2D eigenvalue weighted by Crippen LogP contribution is 2.32. The van der Waals surface area contributed by atoms with Crippen LogP contribution in [-0.2, 0) is 0 Å². The van der Waals surface area contributed by atoms with Crippen LogP contribution in [0.2, 0.25) is 0 Å². The first-order valence-electron chi connectivity index (χ1n) is 6.95. The molecule has 0 spiro atoms. The number of hydrogen-bond donors (Lipinski definition) is 1. The maximum atomic E-state index is 4.97. The number of hydrogen-bond acceptors (Lipinski definition) is 2. The highest BCUT2D eigenvalue weighted by molar-refractivity contribution is 8.13. The fraction of sp³-hybridized carbons (Fsp3) is 0.929. The molecule has 1 saturated carbocycles. The van der Waals surface area contributed by atoms with Gasteiger partial charge < -0.3 is 5.32 Å². The first-order valence-corrected chi connectivity index (χ1v) is 7.93. The van der Waals surface area contributed by atoms with Gasteiger partial charge in [0.2, 0.25) is 0 Å². The van der Waals surface area contributed by atoms with Gasteiger partial charge in [0.1, 0.15) is 0 Å². The van der Waals surface area contributed by atoms with Crippen LogP contribution in [0.5, 0.6) is 0 Å². The SMILES string of the molecule is CC1CCC(N=C2NC(C)(C)CCS2)C(C)C1. The highest BCUT2D eigenvalue weighted by atomic mass is 32.2. The summed E-state index contributed by atoms with van der Waals surface area (Å²) in [7, 11) is 0. The molecule has 2 fully saturated rings. The van der Waals surface area contributed by atoms with E-state index in [2.05, 4.69) is 33.0 Å². The molecule has 1 aliphatic heterocycles. The van der Waals surface area contributed by atoms with Crippen LogP contribution >= 0.6 is 11.8 Å². The Kier molecular flexibility index (Phi) is 4.06. The van der Waals surface area contributed by atoms with Crippen molar-refractivity contribution in [2.75, 3.05) is 5.75 Å². The van der Waals surface area contributed by atoms with Crippen LogP contribution in [0, 0.1) is 11.8 Å². The van der Waals surface area contributed by atoms with Gasteiger partial charge in [0.15, 0.2) is 5.17 Å². The molecule has 0 amide bonds. The van der Waals surface area contributed by atoms with Crippen molar-refractivity contribution in [3.63, 3.8) is 0 Å². The predicted molar refractivity (Wildman–Crippen MR) is 77.7 cm³/mol. The van der Waals surface area contributed by atoms with Crippen LogP contribution in [0.3, 0.4) is 0 Å². The Morgan fingerprint density at radius 2 is 2.06 bits per heavy atom. The summed E-state index contributed by atoms with van der Waals surface area (Å²) in [5.74, 6) is 2.85. The Hall–Kier alpha value is -0.180. The van der Waals surface area contributed by atoms with Crippen LogP contribution in [0.1, 0.15) is 53.4 Å². The van der Waals surface area contributed by atoms with Crippen LogP contribution < -0.4 is 5.32 Å². The number of aliphatic imine (C=N–C) groups is 1. The van der Waals surface area contributed by atoms with Gasteiger partial charge in [-0.25, -0.2) is 0 Å². The van der Waals surface area contributed by atoms with Gasteiger partial charge in [-0.3, -0.25) is 4.99 Å². The minimum Gasteiger partial charge on any atom is -0.360 e. The van der Waals surface area contributed by atoms with Crippen molar-refractivity contribution in [3.8, 4) is 0 Å². The predicted octanol–water partition coefficient (Wildman–Crippen LogP) is 3.67. The third-order valence-corrected chi connectivity index (χ3v) is 4.97. The molecule has 0 aromatic heterocycles. The van der Waals surface area contributed by atoms with Crippen LogP contribution in [0.25, 0.3) is 0 Å². The molecule has 0 radical (unpaired) electrons. The molecule has 98 valence electrons. The molecule has 1 heterocycles. The maximum absolute atomic E-state index is 4.97. The molecule has 0 aromatic carbocycles. The van der Waals surface area contributed by atoms with Crippen molar-refractivity contribution in [2.45, 2.75) is 65.0 Å². The molecule has 1 aliphatic carbocycles. The second-order valence-electron chi connectivity index (χ2n) is 6.50. The van der Waals surface area contributed by atoms with E-state index in [9.17, 15) is 0 Å². The van der Waals surface area contributed by atoms with Crippen molar-refractivity contribution in [1.29, 1.82) is 0 Å². The van der Waals surface area contributed by atoms with E-state index < -0.39 is 0 Å². The van der Waals surface area contributed by atoms with E-state index >= 15 is 0 Å². The number of nitrogens with one attached hydrogen (secondary N) is 1. The molecule has 2 nitrogen and oxygen atoms in total. The molecule has 17 heavy (non-hydrogen) atoms.